The van der Waals surface area contributed by atoms with Crippen molar-refractivity contribution in [2.75, 3.05) is 20.7 Å². The molecule has 1 rings (SSSR count). The molecule has 0 radical (unpaired) electrons. The zero-order chi connectivity index (χ0) is 28.3. The molecule has 0 saturated carbocycles. The summed E-state index contributed by atoms with van der Waals surface area (Å²) in [5, 5.41) is 4.15. The molecule has 0 aromatic carbocycles. The number of nitrogens with zero attached hydrogens (tertiary/aromatic N) is 4. The van der Waals surface area contributed by atoms with E-state index in [9.17, 15) is 5.53 Å². The number of rotatable bonds is 18. The van der Waals surface area contributed by atoms with Crippen molar-refractivity contribution in [3.05, 3.63) is 10.4 Å². The Labute approximate surface area is 231 Å². The van der Waals surface area contributed by atoms with Gasteiger partial charge in [-0.3, -0.25) is 0 Å². The van der Waals surface area contributed by atoms with Crippen LogP contribution in [0.2, 0.25) is 54.4 Å². The van der Waals surface area contributed by atoms with Crippen LogP contribution < -0.4 is 0 Å². The van der Waals surface area contributed by atoms with E-state index in [4.69, 9.17) is 18.0 Å². The molecule has 1 aliphatic rings. The SMILES string of the molecule is CC[Si](CC)(CC)OC[C@H]1O[C@@H](N=[N+]=[N-])[C@H](N(C)C)[C@@H](O[Si](CC)(CC)CC)[C@@H]1O[Si](CC)(CC)CC. The quantitative estimate of drug-likeness (QED) is 0.0722. The fourth-order valence-electron chi connectivity index (χ4n) is 5.91. The van der Waals surface area contributed by atoms with Gasteiger partial charge in [0, 0.05) is 4.91 Å². The zero-order valence-electron chi connectivity index (χ0n) is 25.9. The van der Waals surface area contributed by atoms with Crippen LogP contribution in [0.1, 0.15) is 62.3 Å². The maximum atomic E-state index is 9.48. The van der Waals surface area contributed by atoms with Crippen LogP contribution in [0.4, 0.5) is 0 Å². The highest BCUT2D eigenvalue weighted by Crippen LogP contribution is 2.38. The molecule has 218 valence electrons. The first-order valence-corrected chi connectivity index (χ1v) is 22.5. The Morgan fingerprint density at radius 1 is 0.703 bits per heavy atom. The average Bonchev–Trinajstić information content (AvgIpc) is 2.92. The van der Waals surface area contributed by atoms with Gasteiger partial charge < -0.3 is 22.9 Å². The van der Waals surface area contributed by atoms with Crippen LogP contribution in [0.5, 0.6) is 0 Å². The van der Waals surface area contributed by atoms with E-state index in [0.717, 1.165) is 54.4 Å². The van der Waals surface area contributed by atoms with Gasteiger partial charge in [-0.1, -0.05) is 67.4 Å². The Hall–Kier alpha value is -0.239. The minimum atomic E-state index is -2.02. The van der Waals surface area contributed by atoms with Crippen LogP contribution in [0.15, 0.2) is 5.11 Å². The second-order valence-corrected chi connectivity index (χ2v) is 25.2. The molecule has 5 atom stereocenters. The Bertz CT molecular complexity index is 675. The molecule has 0 aromatic heterocycles. The van der Waals surface area contributed by atoms with Crippen molar-refractivity contribution in [1.29, 1.82) is 0 Å². The van der Waals surface area contributed by atoms with Crippen molar-refractivity contribution in [3.8, 4) is 0 Å². The molecule has 0 spiro atoms. The van der Waals surface area contributed by atoms with Crippen LogP contribution in [-0.2, 0) is 18.0 Å². The maximum absolute atomic E-state index is 9.48. The molecule has 37 heavy (non-hydrogen) atoms. The lowest BCUT2D eigenvalue weighted by molar-refractivity contribution is -0.197. The lowest BCUT2D eigenvalue weighted by Crippen LogP contribution is -2.68. The smallest absolute Gasteiger partial charge is 0.192 e. The molecule has 1 saturated heterocycles. The van der Waals surface area contributed by atoms with Crippen molar-refractivity contribution in [2.24, 2.45) is 5.11 Å². The van der Waals surface area contributed by atoms with Crippen LogP contribution >= 0.6 is 0 Å². The highest BCUT2D eigenvalue weighted by molar-refractivity contribution is 6.74. The molecular weight excluding hydrogens is 517 g/mol. The Morgan fingerprint density at radius 3 is 1.46 bits per heavy atom. The first-order chi connectivity index (χ1) is 17.6. The molecule has 11 heteroatoms. The summed E-state index contributed by atoms with van der Waals surface area (Å²) < 4.78 is 28.0. The summed E-state index contributed by atoms with van der Waals surface area (Å²) >= 11 is 0. The second-order valence-electron chi connectivity index (χ2n) is 10.9. The van der Waals surface area contributed by atoms with Gasteiger partial charge in [-0.2, -0.15) is 0 Å². The zero-order valence-corrected chi connectivity index (χ0v) is 28.9. The Kier molecular flexibility index (Phi) is 15.2. The van der Waals surface area contributed by atoms with Gasteiger partial charge in [-0.25, -0.2) is 0 Å². The summed E-state index contributed by atoms with van der Waals surface area (Å²) in [6, 6.07) is 9.31. The van der Waals surface area contributed by atoms with Crippen LogP contribution in [0.25, 0.3) is 10.4 Å². The van der Waals surface area contributed by atoms with Gasteiger partial charge >= 0.3 is 0 Å². The highest BCUT2D eigenvalue weighted by atomic mass is 28.4. The molecule has 0 N–H and O–H groups in total. The molecule has 0 aliphatic carbocycles. The van der Waals surface area contributed by atoms with E-state index in [-0.39, 0.29) is 24.4 Å². The Morgan fingerprint density at radius 2 is 1.11 bits per heavy atom. The number of azide groups is 1. The van der Waals surface area contributed by atoms with E-state index in [1.54, 1.807) is 0 Å². The van der Waals surface area contributed by atoms with Gasteiger partial charge in [0.1, 0.15) is 6.10 Å². The predicted octanol–water partition coefficient (Wildman–Crippen LogP) is 7.75. The van der Waals surface area contributed by atoms with E-state index in [0.29, 0.717) is 6.61 Å². The summed E-state index contributed by atoms with van der Waals surface area (Å²) in [4.78, 5) is 5.29. The van der Waals surface area contributed by atoms with Crippen LogP contribution in [-0.4, -0.2) is 81.1 Å². The van der Waals surface area contributed by atoms with Crippen molar-refractivity contribution in [3.63, 3.8) is 0 Å². The summed E-state index contributed by atoms with van der Waals surface area (Å²) in [5.41, 5.74) is 9.48. The largest absolute Gasteiger partial charge is 0.414 e. The number of hydrogen-bond acceptors (Lipinski definition) is 6. The van der Waals surface area contributed by atoms with Crippen molar-refractivity contribution < 1.29 is 18.0 Å². The Balaban J connectivity index is 3.70. The highest BCUT2D eigenvalue weighted by Gasteiger charge is 2.53. The van der Waals surface area contributed by atoms with Crippen molar-refractivity contribution in [2.45, 2.75) is 147 Å². The number of hydrogen-bond donors (Lipinski definition) is 0. The maximum Gasteiger partial charge on any atom is 0.192 e. The van der Waals surface area contributed by atoms with Gasteiger partial charge in [0.2, 0.25) is 0 Å². The normalized spacial score (nSPS) is 25.4. The topological polar surface area (TPSA) is 88.9 Å². The summed E-state index contributed by atoms with van der Waals surface area (Å²) in [7, 11) is -1.83. The third kappa shape index (κ3) is 8.38. The molecule has 1 aliphatic heterocycles. The van der Waals surface area contributed by atoms with E-state index in [1.807, 2.05) is 14.1 Å². The summed E-state index contributed by atoms with van der Waals surface area (Å²) in [5.74, 6) is 0. The van der Waals surface area contributed by atoms with Gasteiger partial charge in [0.15, 0.2) is 31.2 Å². The van der Waals surface area contributed by atoms with Gasteiger partial charge in [-0.05, 0) is 74.0 Å². The molecule has 0 amide bonds. The lowest BCUT2D eigenvalue weighted by Gasteiger charge is -2.52. The van der Waals surface area contributed by atoms with Crippen molar-refractivity contribution in [1.82, 2.24) is 4.90 Å². The van der Waals surface area contributed by atoms with E-state index < -0.39 is 31.2 Å². The van der Waals surface area contributed by atoms with Gasteiger partial charge in [0.05, 0.1) is 24.9 Å². The fraction of sp³-hybridized carbons (Fsp3) is 1.00. The minimum absolute atomic E-state index is 0.225. The standard InChI is InChI=1S/C26H58N4O4Si3/c1-12-35(13-2,14-3)31-21-22-24(33-36(15-4,16-5)17-6)25(34-37(18-7,19-8)20-9)23(30(10)11)26(32-22)28-29-27/h22-26H,12-21H2,1-11H3/t22-,23-,24-,25-,26-/m1/s1. The number of ether oxygens (including phenoxy) is 1. The first-order valence-electron chi connectivity index (χ1n) is 14.9. The molecule has 0 unspecified atom stereocenters. The van der Waals surface area contributed by atoms with E-state index in [2.05, 4.69) is 77.2 Å². The molecule has 1 heterocycles. The molecule has 0 aromatic rings. The third-order valence-electron chi connectivity index (χ3n) is 9.52. The van der Waals surface area contributed by atoms with E-state index in [1.165, 1.54) is 0 Å². The van der Waals surface area contributed by atoms with Gasteiger partial charge in [0.25, 0.3) is 0 Å². The third-order valence-corrected chi connectivity index (χ3v) is 23.4. The molecular formula is C26H58N4O4Si3. The predicted molar refractivity (Wildman–Crippen MR) is 163 cm³/mol. The average molecular weight is 575 g/mol. The first kappa shape index (κ1) is 34.8. The monoisotopic (exact) mass is 574 g/mol. The molecule has 0 bridgehead atoms. The van der Waals surface area contributed by atoms with Crippen LogP contribution in [0, 0.1) is 0 Å². The van der Waals surface area contributed by atoms with Crippen LogP contribution in [0.3, 0.4) is 0 Å². The second kappa shape index (κ2) is 16.1. The van der Waals surface area contributed by atoms with E-state index >= 15 is 0 Å². The summed E-state index contributed by atoms with van der Waals surface area (Å²) in [6.45, 7) is 20.8. The minimum Gasteiger partial charge on any atom is -0.414 e. The molecule has 1 fully saturated rings. The van der Waals surface area contributed by atoms with Crippen molar-refractivity contribution >= 4 is 25.0 Å². The lowest BCUT2D eigenvalue weighted by atomic mass is 9.95. The molecule has 8 nitrogen and oxygen atoms in total. The summed E-state index contributed by atoms with van der Waals surface area (Å²) in [6.07, 6.45) is -1.48. The fourth-order valence-corrected chi connectivity index (χ4v) is 14.3. The van der Waals surface area contributed by atoms with Gasteiger partial charge in [-0.15, -0.1) is 0 Å². The number of likely N-dealkylation sites (N-methyl/N-ethyl adjacent to an activating group) is 1.